The van der Waals surface area contributed by atoms with Gasteiger partial charge >= 0.3 is 5.97 Å². The molecular weight excluding hydrogens is 268 g/mol. The Morgan fingerprint density at radius 3 is 2.48 bits per heavy atom. The highest BCUT2D eigenvalue weighted by Crippen LogP contribution is 2.29. The Labute approximate surface area is 124 Å². The van der Waals surface area contributed by atoms with Crippen LogP contribution in [0, 0.1) is 20.8 Å². The number of ether oxygens (including phenoxy) is 1. The number of esters is 1. The molecule has 0 saturated heterocycles. The quantitative estimate of drug-likeness (QED) is 0.852. The van der Waals surface area contributed by atoms with Gasteiger partial charge < -0.3 is 14.8 Å². The van der Waals surface area contributed by atoms with E-state index in [9.17, 15) is 9.90 Å². The average molecular weight is 288 g/mol. The number of aromatic nitrogens is 2. The first-order valence-corrected chi connectivity index (χ1v) is 6.79. The van der Waals surface area contributed by atoms with Crippen LogP contribution >= 0.6 is 0 Å². The van der Waals surface area contributed by atoms with Gasteiger partial charge in [-0.15, -0.1) is 0 Å². The van der Waals surface area contributed by atoms with Crippen molar-refractivity contribution in [2.24, 2.45) is 0 Å². The van der Waals surface area contributed by atoms with Crippen molar-refractivity contribution < 1.29 is 14.6 Å². The van der Waals surface area contributed by atoms with Crippen LogP contribution in [0.25, 0.3) is 11.3 Å². The van der Waals surface area contributed by atoms with E-state index in [4.69, 9.17) is 4.74 Å². The first kappa shape index (κ1) is 15.3. The molecule has 21 heavy (non-hydrogen) atoms. The number of carbonyl (C=O) groups is 1. The molecule has 2 rings (SSSR count). The molecule has 2 N–H and O–H groups in total. The zero-order chi connectivity index (χ0) is 15.7. The van der Waals surface area contributed by atoms with E-state index < -0.39 is 6.10 Å². The van der Waals surface area contributed by atoms with Crippen molar-refractivity contribution in [2.45, 2.75) is 33.8 Å². The highest BCUT2D eigenvalue weighted by Gasteiger charge is 2.17. The monoisotopic (exact) mass is 288 g/mol. The molecule has 5 heteroatoms. The lowest BCUT2D eigenvalue weighted by Crippen LogP contribution is -2.05. The van der Waals surface area contributed by atoms with Gasteiger partial charge in [-0.3, -0.25) is 0 Å². The Morgan fingerprint density at radius 1 is 1.29 bits per heavy atom. The van der Waals surface area contributed by atoms with E-state index in [1.807, 2.05) is 32.9 Å². The normalized spacial score (nSPS) is 12.3. The van der Waals surface area contributed by atoms with Crippen LogP contribution in [0.1, 0.15) is 46.0 Å². The summed E-state index contributed by atoms with van der Waals surface area (Å²) in [6, 6.07) is 3.76. The van der Waals surface area contributed by atoms with E-state index in [-0.39, 0.29) is 5.97 Å². The number of nitrogens with one attached hydrogen (secondary N) is 1. The number of carbonyl (C=O) groups excluding carboxylic acids is 1. The number of aromatic amines is 1. The number of aliphatic hydroxyl groups excluding tert-OH is 1. The molecule has 0 bridgehead atoms. The highest BCUT2D eigenvalue weighted by molar-refractivity contribution is 5.93. The molecule has 0 aliphatic heterocycles. The van der Waals surface area contributed by atoms with E-state index in [1.165, 1.54) is 7.11 Å². The second-order valence-corrected chi connectivity index (χ2v) is 5.23. The van der Waals surface area contributed by atoms with Crippen LogP contribution in [0.4, 0.5) is 0 Å². The van der Waals surface area contributed by atoms with Gasteiger partial charge in [0.2, 0.25) is 0 Å². The smallest absolute Gasteiger partial charge is 0.338 e. The number of rotatable bonds is 3. The van der Waals surface area contributed by atoms with E-state index in [1.54, 1.807) is 6.92 Å². The fraction of sp³-hybridized carbons (Fsp3) is 0.375. The molecule has 0 aliphatic carbocycles. The summed E-state index contributed by atoms with van der Waals surface area (Å²) in [4.78, 5) is 19.3. The zero-order valence-corrected chi connectivity index (χ0v) is 12.9. The van der Waals surface area contributed by atoms with Crippen LogP contribution in [0.15, 0.2) is 12.1 Å². The molecule has 0 radical (unpaired) electrons. The molecule has 1 aromatic carbocycles. The van der Waals surface area contributed by atoms with Crippen molar-refractivity contribution in [3.05, 3.63) is 40.3 Å². The summed E-state index contributed by atoms with van der Waals surface area (Å²) in [7, 11) is 1.37. The van der Waals surface area contributed by atoms with Gasteiger partial charge in [-0.1, -0.05) is 6.07 Å². The minimum atomic E-state index is -0.664. The van der Waals surface area contributed by atoms with Crippen molar-refractivity contribution in [1.82, 2.24) is 9.97 Å². The Bertz CT molecular complexity index is 687. The third-order valence-corrected chi connectivity index (χ3v) is 3.54. The predicted octanol–water partition coefficient (Wildman–Crippen LogP) is 2.84. The van der Waals surface area contributed by atoms with Crippen molar-refractivity contribution in [3.63, 3.8) is 0 Å². The molecule has 1 atom stereocenters. The standard InChI is InChI=1S/C16H20N2O3/c1-8-6-9(2)13(16(20)21-5)7-12(8)14-10(3)17-15(18-14)11(4)19/h6-7,11,19H,1-5H3,(H,17,18). The van der Waals surface area contributed by atoms with E-state index in [2.05, 4.69) is 9.97 Å². The molecule has 0 amide bonds. The third-order valence-electron chi connectivity index (χ3n) is 3.54. The number of nitrogens with zero attached hydrogens (tertiary/aromatic N) is 1. The summed E-state index contributed by atoms with van der Waals surface area (Å²) in [6.45, 7) is 7.38. The molecule has 112 valence electrons. The maximum absolute atomic E-state index is 11.8. The number of hydrogen-bond donors (Lipinski definition) is 2. The summed E-state index contributed by atoms with van der Waals surface area (Å²) in [5.41, 5.74) is 4.92. The number of hydrogen-bond acceptors (Lipinski definition) is 4. The first-order valence-electron chi connectivity index (χ1n) is 6.79. The van der Waals surface area contributed by atoms with Gasteiger partial charge in [0.25, 0.3) is 0 Å². The average Bonchev–Trinajstić information content (AvgIpc) is 2.80. The summed E-state index contributed by atoms with van der Waals surface area (Å²) in [5, 5.41) is 9.63. The molecule has 5 nitrogen and oxygen atoms in total. The maximum Gasteiger partial charge on any atom is 0.338 e. The second-order valence-electron chi connectivity index (χ2n) is 5.23. The first-order chi connectivity index (χ1) is 9.85. The van der Waals surface area contributed by atoms with Gasteiger partial charge in [0.15, 0.2) is 0 Å². The second kappa shape index (κ2) is 5.69. The summed E-state index contributed by atoms with van der Waals surface area (Å²) >= 11 is 0. The Kier molecular flexibility index (Phi) is 4.14. The number of imidazole rings is 1. The Hall–Kier alpha value is -2.14. The minimum Gasteiger partial charge on any atom is -0.465 e. The molecule has 1 heterocycles. The van der Waals surface area contributed by atoms with E-state index in [0.29, 0.717) is 11.4 Å². The third kappa shape index (κ3) is 2.83. The van der Waals surface area contributed by atoms with Gasteiger partial charge in [-0.25, -0.2) is 9.78 Å². The number of H-pyrrole nitrogens is 1. The van der Waals surface area contributed by atoms with E-state index in [0.717, 1.165) is 28.1 Å². The van der Waals surface area contributed by atoms with E-state index >= 15 is 0 Å². The van der Waals surface area contributed by atoms with Crippen molar-refractivity contribution >= 4 is 5.97 Å². The fourth-order valence-electron chi connectivity index (χ4n) is 2.39. The van der Waals surface area contributed by atoms with Crippen LogP contribution in [0.3, 0.4) is 0 Å². The number of methoxy groups -OCH3 is 1. The van der Waals surface area contributed by atoms with Crippen molar-refractivity contribution in [3.8, 4) is 11.3 Å². The molecule has 0 aliphatic rings. The molecule has 0 fully saturated rings. The highest BCUT2D eigenvalue weighted by atomic mass is 16.5. The number of aryl methyl sites for hydroxylation is 3. The van der Waals surface area contributed by atoms with Crippen LogP contribution in [0.2, 0.25) is 0 Å². The van der Waals surface area contributed by atoms with Crippen molar-refractivity contribution in [1.29, 1.82) is 0 Å². The SMILES string of the molecule is COC(=O)c1cc(-c2[nH]c(C(C)O)nc2C)c(C)cc1C. The van der Waals surface area contributed by atoms with Crippen LogP contribution < -0.4 is 0 Å². The molecule has 2 aromatic rings. The van der Waals surface area contributed by atoms with Gasteiger partial charge in [0.1, 0.15) is 11.9 Å². The predicted molar refractivity (Wildman–Crippen MR) is 80.2 cm³/mol. The largest absolute Gasteiger partial charge is 0.465 e. The number of benzene rings is 1. The summed E-state index contributed by atoms with van der Waals surface area (Å²) < 4.78 is 4.82. The van der Waals surface area contributed by atoms with Crippen LogP contribution in [-0.2, 0) is 4.74 Å². The number of aliphatic hydroxyl groups is 1. The summed E-state index contributed by atoms with van der Waals surface area (Å²) in [5.74, 6) is 0.156. The molecule has 0 spiro atoms. The Balaban J connectivity index is 2.61. The zero-order valence-electron chi connectivity index (χ0n) is 12.9. The molecule has 0 saturated carbocycles. The minimum absolute atomic E-state index is 0.360. The maximum atomic E-state index is 11.8. The van der Waals surface area contributed by atoms with Crippen LogP contribution in [0.5, 0.6) is 0 Å². The van der Waals surface area contributed by atoms with Gasteiger partial charge in [-0.2, -0.15) is 0 Å². The molecule has 1 aromatic heterocycles. The van der Waals surface area contributed by atoms with Crippen LogP contribution in [-0.4, -0.2) is 28.2 Å². The topological polar surface area (TPSA) is 75.2 Å². The van der Waals surface area contributed by atoms with Gasteiger partial charge in [0, 0.05) is 5.56 Å². The molecule has 1 unspecified atom stereocenters. The lowest BCUT2D eigenvalue weighted by atomic mass is 9.97. The van der Waals surface area contributed by atoms with Gasteiger partial charge in [-0.05, 0) is 44.9 Å². The molecular formula is C16H20N2O3. The lowest BCUT2D eigenvalue weighted by Gasteiger charge is -2.10. The Morgan fingerprint density at radius 2 is 1.95 bits per heavy atom. The van der Waals surface area contributed by atoms with Crippen molar-refractivity contribution in [2.75, 3.05) is 7.11 Å². The summed E-state index contributed by atoms with van der Waals surface area (Å²) in [6.07, 6.45) is -0.664. The lowest BCUT2D eigenvalue weighted by molar-refractivity contribution is 0.0600. The van der Waals surface area contributed by atoms with Gasteiger partial charge in [0.05, 0.1) is 24.1 Å². The fourth-order valence-corrected chi connectivity index (χ4v) is 2.39.